The lowest BCUT2D eigenvalue weighted by atomic mass is 9.98. The van der Waals surface area contributed by atoms with Gasteiger partial charge in [-0.2, -0.15) is 0 Å². The molecule has 0 aromatic carbocycles. The van der Waals surface area contributed by atoms with Gasteiger partial charge in [-0.05, 0) is 18.8 Å². The Bertz CT molecular complexity index is 123. The summed E-state index contributed by atoms with van der Waals surface area (Å²) in [4.78, 5) is 0. The van der Waals surface area contributed by atoms with Crippen molar-refractivity contribution in [1.82, 2.24) is 0 Å². The average Bonchev–Trinajstić information content (AvgIpc) is 2.58. The molecule has 1 rings (SSSR count). The summed E-state index contributed by atoms with van der Waals surface area (Å²) in [5.41, 5.74) is 5.99. The number of methoxy groups -OCH3 is 2. The third-order valence-electron chi connectivity index (χ3n) is 2.72. The van der Waals surface area contributed by atoms with E-state index in [0.717, 1.165) is 0 Å². The molecule has 13 heavy (non-hydrogen) atoms. The monoisotopic (exact) mass is 209 g/mol. The lowest BCUT2D eigenvalue weighted by Crippen LogP contribution is -2.42. The number of hydrogen-bond acceptors (Lipinski definition) is 3. The van der Waals surface area contributed by atoms with Crippen LogP contribution in [0.3, 0.4) is 0 Å². The number of halogens is 1. The van der Waals surface area contributed by atoms with Gasteiger partial charge >= 0.3 is 0 Å². The van der Waals surface area contributed by atoms with E-state index in [4.69, 9.17) is 15.2 Å². The normalized spacial score (nSPS) is 20.3. The van der Waals surface area contributed by atoms with E-state index < -0.39 is 0 Å². The molecular weight excluding hydrogens is 190 g/mol. The summed E-state index contributed by atoms with van der Waals surface area (Å²) in [5, 5.41) is 0. The van der Waals surface area contributed by atoms with Crippen molar-refractivity contribution < 1.29 is 9.47 Å². The second-order valence-electron chi connectivity index (χ2n) is 3.46. The molecule has 0 radical (unpaired) electrons. The number of ether oxygens (including phenoxy) is 2. The summed E-state index contributed by atoms with van der Waals surface area (Å²) >= 11 is 0. The Morgan fingerprint density at radius 1 is 1.15 bits per heavy atom. The van der Waals surface area contributed by atoms with Crippen LogP contribution in [0.1, 0.15) is 25.7 Å². The first-order valence-electron chi connectivity index (χ1n) is 4.60. The quantitative estimate of drug-likeness (QED) is 0.715. The van der Waals surface area contributed by atoms with Gasteiger partial charge < -0.3 is 15.2 Å². The van der Waals surface area contributed by atoms with Crippen molar-refractivity contribution in [2.45, 2.75) is 38.0 Å². The van der Waals surface area contributed by atoms with E-state index in [1.54, 1.807) is 14.2 Å². The standard InChI is InChI=1S/C9H19NO2.ClH/c1-11-9(12-2)8(10)7-5-3-4-6-7;/h7-9H,3-6,10H2,1-2H3;1H. The fourth-order valence-corrected chi connectivity index (χ4v) is 1.98. The molecule has 0 aliphatic heterocycles. The molecule has 0 bridgehead atoms. The van der Waals surface area contributed by atoms with Gasteiger partial charge in [0.1, 0.15) is 0 Å². The third-order valence-corrected chi connectivity index (χ3v) is 2.72. The number of rotatable bonds is 4. The van der Waals surface area contributed by atoms with Crippen molar-refractivity contribution in [3.8, 4) is 0 Å². The van der Waals surface area contributed by atoms with Crippen molar-refractivity contribution in [2.24, 2.45) is 11.7 Å². The Balaban J connectivity index is 0.00000144. The Morgan fingerprint density at radius 2 is 1.62 bits per heavy atom. The van der Waals surface area contributed by atoms with Gasteiger partial charge in [0.25, 0.3) is 0 Å². The second kappa shape index (κ2) is 6.60. The van der Waals surface area contributed by atoms with Crippen LogP contribution in [0, 0.1) is 5.92 Å². The maximum Gasteiger partial charge on any atom is 0.172 e. The smallest absolute Gasteiger partial charge is 0.172 e. The molecule has 0 saturated heterocycles. The molecule has 0 amide bonds. The van der Waals surface area contributed by atoms with E-state index in [2.05, 4.69) is 0 Å². The SMILES string of the molecule is COC(OC)C(N)C1CCCC1.Cl. The lowest BCUT2D eigenvalue weighted by Gasteiger charge is -2.25. The highest BCUT2D eigenvalue weighted by Gasteiger charge is 2.28. The minimum atomic E-state index is -0.229. The van der Waals surface area contributed by atoms with Gasteiger partial charge in [-0.15, -0.1) is 12.4 Å². The molecule has 80 valence electrons. The lowest BCUT2D eigenvalue weighted by molar-refractivity contribution is -0.125. The molecule has 1 fully saturated rings. The van der Waals surface area contributed by atoms with Crippen LogP contribution >= 0.6 is 12.4 Å². The van der Waals surface area contributed by atoms with Crippen LogP contribution in [0.15, 0.2) is 0 Å². The van der Waals surface area contributed by atoms with E-state index in [1.165, 1.54) is 25.7 Å². The molecule has 1 aliphatic rings. The minimum absolute atomic E-state index is 0. The zero-order valence-corrected chi connectivity index (χ0v) is 9.18. The summed E-state index contributed by atoms with van der Waals surface area (Å²) < 4.78 is 10.3. The first-order chi connectivity index (χ1) is 5.79. The van der Waals surface area contributed by atoms with Crippen LogP contribution < -0.4 is 5.73 Å². The Labute approximate surface area is 86.4 Å². The van der Waals surface area contributed by atoms with E-state index in [9.17, 15) is 0 Å². The summed E-state index contributed by atoms with van der Waals surface area (Å²) in [7, 11) is 3.28. The van der Waals surface area contributed by atoms with Crippen molar-refractivity contribution in [2.75, 3.05) is 14.2 Å². The van der Waals surface area contributed by atoms with E-state index in [1.807, 2.05) is 0 Å². The van der Waals surface area contributed by atoms with Crippen LogP contribution in [0.25, 0.3) is 0 Å². The molecule has 1 saturated carbocycles. The van der Waals surface area contributed by atoms with E-state index >= 15 is 0 Å². The van der Waals surface area contributed by atoms with Crippen LogP contribution in [0.4, 0.5) is 0 Å². The molecule has 1 atom stereocenters. The second-order valence-corrected chi connectivity index (χ2v) is 3.46. The van der Waals surface area contributed by atoms with Gasteiger partial charge in [0, 0.05) is 14.2 Å². The van der Waals surface area contributed by atoms with Crippen molar-refractivity contribution in [1.29, 1.82) is 0 Å². The minimum Gasteiger partial charge on any atom is -0.354 e. The predicted octanol–water partition coefficient (Wildman–Crippen LogP) is 1.54. The summed E-state index contributed by atoms with van der Waals surface area (Å²) in [6.45, 7) is 0. The summed E-state index contributed by atoms with van der Waals surface area (Å²) in [6, 6.07) is 0.0440. The van der Waals surface area contributed by atoms with Crippen molar-refractivity contribution in [3.63, 3.8) is 0 Å². The highest BCUT2D eigenvalue weighted by Crippen LogP contribution is 2.28. The Hall–Kier alpha value is 0.170. The van der Waals surface area contributed by atoms with Crippen LogP contribution in [-0.2, 0) is 9.47 Å². The molecule has 0 aromatic heterocycles. The summed E-state index contributed by atoms with van der Waals surface area (Å²) in [5.74, 6) is 0.592. The fraction of sp³-hybridized carbons (Fsp3) is 1.00. The van der Waals surface area contributed by atoms with Crippen LogP contribution in [-0.4, -0.2) is 26.6 Å². The van der Waals surface area contributed by atoms with Crippen LogP contribution in [0.5, 0.6) is 0 Å². The molecule has 2 N–H and O–H groups in total. The van der Waals surface area contributed by atoms with Gasteiger partial charge in [-0.25, -0.2) is 0 Å². The Morgan fingerprint density at radius 3 is 2.00 bits per heavy atom. The van der Waals surface area contributed by atoms with Gasteiger partial charge in [0.2, 0.25) is 0 Å². The average molecular weight is 210 g/mol. The predicted molar refractivity (Wildman–Crippen MR) is 55.0 cm³/mol. The number of hydrogen-bond donors (Lipinski definition) is 1. The van der Waals surface area contributed by atoms with Gasteiger partial charge in [-0.1, -0.05) is 12.8 Å². The Kier molecular flexibility index (Phi) is 6.68. The molecule has 3 nitrogen and oxygen atoms in total. The van der Waals surface area contributed by atoms with Gasteiger partial charge in [0.05, 0.1) is 6.04 Å². The maximum absolute atomic E-state index is 5.99. The molecule has 1 aliphatic carbocycles. The van der Waals surface area contributed by atoms with E-state index in [0.29, 0.717) is 5.92 Å². The third kappa shape index (κ3) is 3.43. The molecule has 0 spiro atoms. The zero-order valence-electron chi connectivity index (χ0n) is 8.36. The summed E-state index contributed by atoms with van der Waals surface area (Å²) in [6.07, 6.45) is 4.83. The van der Waals surface area contributed by atoms with Crippen LogP contribution in [0.2, 0.25) is 0 Å². The van der Waals surface area contributed by atoms with E-state index in [-0.39, 0.29) is 24.7 Å². The highest BCUT2D eigenvalue weighted by atomic mass is 35.5. The largest absolute Gasteiger partial charge is 0.354 e. The molecule has 0 heterocycles. The molecular formula is C9H20ClNO2. The van der Waals surface area contributed by atoms with Gasteiger partial charge in [-0.3, -0.25) is 0 Å². The zero-order chi connectivity index (χ0) is 8.97. The first kappa shape index (κ1) is 13.2. The number of nitrogens with two attached hydrogens (primary N) is 1. The highest BCUT2D eigenvalue weighted by molar-refractivity contribution is 5.85. The fourth-order valence-electron chi connectivity index (χ4n) is 1.98. The maximum atomic E-state index is 5.99. The van der Waals surface area contributed by atoms with Crippen molar-refractivity contribution >= 4 is 12.4 Å². The topological polar surface area (TPSA) is 44.5 Å². The molecule has 0 aromatic rings. The van der Waals surface area contributed by atoms with Gasteiger partial charge in [0.15, 0.2) is 6.29 Å². The van der Waals surface area contributed by atoms with Crippen molar-refractivity contribution in [3.05, 3.63) is 0 Å². The molecule has 4 heteroatoms. The molecule has 1 unspecified atom stereocenters. The first-order valence-corrected chi connectivity index (χ1v) is 4.60.